The molecule has 0 unspecified atom stereocenters. The molecule has 5 nitrogen and oxygen atoms in total. The number of nitrogens with two attached hydrogens (primary N) is 1. The highest BCUT2D eigenvalue weighted by Crippen LogP contribution is 2.33. The van der Waals surface area contributed by atoms with Crippen molar-refractivity contribution in [2.24, 2.45) is 0 Å². The van der Waals surface area contributed by atoms with Crippen LogP contribution in [0.4, 0.5) is 5.69 Å². The zero-order valence-corrected chi connectivity index (χ0v) is 13.6. The molecule has 8 heteroatoms. The van der Waals surface area contributed by atoms with E-state index in [9.17, 15) is 0 Å². The Morgan fingerprint density at radius 1 is 1.10 bits per heavy atom. The number of anilines is 1. The van der Waals surface area contributed by atoms with Gasteiger partial charge in [-0.25, -0.2) is 0 Å². The van der Waals surface area contributed by atoms with Crippen molar-refractivity contribution in [2.45, 2.75) is 0 Å². The van der Waals surface area contributed by atoms with Gasteiger partial charge in [-0.1, -0.05) is 29.3 Å². The van der Waals surface area contributed by atoms with Gasteiger partial charge in [0.1, 0.15) is 0 Å². The molecule has 0 saturated carbocycles. The summed E-state index contributed by atoms with van der Waals surface area (Å²) in [4.78, 5) is 0. The quantitative estimate of drug-likeness (QED) is 0.678. The summed E-state index contributed by atoms with van der Waals surface area (Å²) in [5.74, 6) is 0.503. The van der Waals surface area contributed by atoms with Crippen molar-refractivity contribution >= 4 is 44.8 Å². The third-order valence-electron chi connectivity index (χ3n) is 2.86. The van der Waals surface area contributed by atoms with Gasteiger partial charge in [-0.3, -0.25) is 0 Å². The van der Waals surface area contributed by atoms with Crippen molar-refractivity contribution < 1.29 is 0 Å². The first-order valence-electron chi connectivity index (χ1n) is 5.86. The van der Waals surface area contributed by atoms with E-state index in [0.29, 0.717) is 31.6 Å². The van der Waals surface area contributed by atoms with Crippen LogP contribution < -0.4 is 5.73 Å². The maximum atomic E-state index is 6.22. The summed E-state index contributed by atoms with van der Waals surface area (Å²) in [6.45, 7) is 0. The van der Waals surface area contributed by atoms with Crippen LogP contribution in [0.25, 0.3) is 17.1 Å². The van der Waals surface area contributed by atoms with Gasteiger partial charge in [0.25, 0.3) is 0 Å². The van der Waals surface area contributed by atoms with Crippen LogP contribution in [0, 0.1) is 0 Å². The molecule has 3 aromatic rings. The largest absolute Gasteiger partial charge is 0.399 e. The van der Waals surface area contributed by atoms with Crippen LogP contribution in [0.5, 0.6) is 0 Å². The predicted octanol–water partition coefficient (Wildman–Crippen LogP) is 3.98. The van der Waals surface area contributed by atoms with Gasteiger partial charge in [0.2, 0.25) is 0 Å². The zero-order chi connectivity index (χ0) is 15.0. The lowest BCUT2D eigenvalue weighted by molar-refractivity contribution is 0.789. The molecule has 0 aliphatic rings. The second-order valence-corrected chi connectivity index (χ2v) is 5.83. The lowest BCUT2D eigenvalue weighted by Gasteiger charge is -2.09. The van der Waals surface area contributed by atoms with E-state index in [1.807, 2.05) is 12.1 Å². The number of rotatable bonds is 2. The highest BCUT2D eigenvalue weighted by Gasteiger charge is 2.16. The molecular weight excluding hydrogens is 377 g/mol. The Balaban J connectivity index is 2.20. The summed E-state index contributed by atoms with van der Waals surface area (Å²) >= 11 is 15.8. The van der Waals surface area contributed by atoms with Crippen molar-refractivity contribution in [3.05, 3.63) is 50.9 Å². The highest BCUT2D eigenvalue weighted by molar-refractivity contribution is 9.10. The van der Waals surface area contributed by atoms with Crippen LogP contribution in [0.2, 0.25) is 10.0 Å². The first-order valence-corrected chi connectivity index (χ1v) is 7.41. The summed E-state index contributed by atoms with van der Waals surface area (Å²) in [6.07, 6.45) is 0. The van der Waals surface area contributed by atoms with Crippen LogP contribution in [0.3, 0.4) is 0 Å². The zero-order valence-electron chi connectivity index (χ0n) is 10.5. The fourth-order valence-electron chi connectivity index (χ4n) is 1.89. The molecule has 106 valence electrons. The second kappa shape index (κ2) is 5.63. The number of nitrogen functional groups attached to an aromatic ring is 1. The molecule has 0 spiro atoms. The van der Waals surface area contributed by atoms with E-state index < -0.39 is 0 Å². The van der Waals surface area contributed by atoms with E-state index in [4.69, 9.17) is 28.9 Å². The highest BCUT2D eigenvalue weighted by atomic mass is 79.9. The Morgan fingerprint density at radius 3 is 2.67 bits per heavy atom. The SMILES string of the molecule is Nc1ccc(-c2nnnn2-c2cccc(Cl)c2Br)c(Cl)c1. The predicted molar refractivity (Wildman–Crippen MR) is 86.7 cm³/mol. The minimum Gasteiger partial charge on any atom is -0.399 e. The van der Waals surface area contributed by atoms with Crippen molar-refractivity contribution in [3.63, 3.8) is 0 Å². The van der Waals surface area contributed by atoms with Crippen molar-refractivity contribution in [1.29, 1.82) is 0 Å². The van der Waals surface area contributed by atoms with Crippen LogP contribution in [-0.4, -0.2) is 20.2 Å². The van der Waals surface area contributed by atoms with Gasteiger partial charge in [-0.05, 0) is 56.7 Å². The van der Waals surface area contributed by atoms with Gasteiger partial charge in [0, 0.05) is 11.3 Å². The smallest absolute Gasteiger partial charge is 0.188 e. The summed E-state index contributed by atoms with van der Waals surface area (Å²) in [5.41, 5.74) is 7.68. The van der Waals surface area contributed by atoms with Crippen molar-refractivity contribution in [1.82, 2.24) is 20.2 Å². The summed E-state index contributed by atoms with van der Waals surface area (Å²) in [6, 6.07) is 10.6. The molecule has 0 radical (unpaired) electrons. The molecule has 0 atom stereocenters. The first-order chi connectivity index (χ1) is 10.1. The van der Waals surface area contributed by atoms with E-state index in [1.165, 1.54) is 0 Å². The Labute approximate surface area is 138 Å². The Bertz CT molecular complexity index is 818. The molecule has 0 aliphatic heterocycles. The molecule has 0 fully saturated rings. The molecule has 2 N–H and O–H groups in total. The molecule has 3 rings (SSSR count). The minimum atomic E-state index is 0.476. The molecule has 1 aromatic heterocycles. The fourth-order valence-corrected chi connectivity index (χ4v) is 2.76. The fraction of sp³-hybridized carbons (Fsp3) is 0. The average Bonchev–Trinajstić information content (AvgIpc) is 2.91. The number of aromatic nitrogens is 4. The first kappa shape index (κ1) is 14.3. The van der Waals surface area contributed by atoms with Gasteiger partial charge in [0.05, 0.1) is 20.2 Å². The van der Waals surface area contributed by atoms with Crippen LogP contribution in [0.15, 0.2) is 40.9 Å². The molecule has 0 saturated heterocycles. The molecule has 0 amide bonds. The Kier molecular flexibility index (Phi) is 3.84. The van der Waals surface area contributed by atoms with E-state index in [1.54, 1.807) is 28.9 Å². The van der Waals surface area contributed by atoms with Gasteiger partial charge < -0.3 is 5.73 Å². The average molecular weight is 385 g/mol. The van der Waals surface area contributed by atoms with E-state index in [0.717, 1.165) is 5.69 Å². The second-order valence-electron chi connectivity index (χ2n) is 4.23. The third kappa shape index (κ3) is 2.62. The number of nitrogens with zero attached hydrogens (tertiary/aromatic N) is 4. The summed E-state index contributed by atoms with van der Waals surface area (Å²) in [7, 11) is 0. The molecule has 0 bridgehead atoms. The molecule has 21 heavy (non-hydrogen) atoms. The Morgan fingerprint density at radius 2 is 1.90 bits per heavy atom. The van der Waals surface area contributed by atoms with Gasteiger partial charge >= 0.3 is 0 Å². The lowest BCUT2D eigenvalue weighted by Crippen LogP contribution is -2.01. The number of hydrogen-bond acceptors (Lipinski definition) is 4. The Hall–Kier alpha value is -1.63. The van der Waals surface area contributed by atoms with Crippen LogP contribution in [0.1, 0.15) is 0 Å². The minimum absolute atomic E-state index is 0.476. The number of tetrazole rings is 1. The van der Waals surface area contributed by atoms with Crippen LogP contribution in [-0.2, 0) is 0 Å². The molecule has 0 aliphatic carbocycles. The van der Waals surface area contributed by atoms with Crippen molar-refractivity contribution in [3.8, 4) is 17.1 Å². The maximum Gasteiger partial charge on any atom is 0.188 e. The molecule has 1 heterocycles. The van der Waals surface area contributed by atoms with E-state index in [2.05, 4.69) is 31.5 Å². The number of benzene rings is 2. The monoisotopic (exact) mass is 383 g/mol. The maximum absolute atomic E-state index is 6.22. The number of hydrogen-bond donors (Lipinski definition) is 1. The normalized spacial score (nSPS) is 10.8. The van der Waals surface area contributed by atoms with Crippen molar-refractivity contribution in [2.75, 3.05) is 5.73 Å². The standard InChI is InChI=1S/C13H8BrCl2N5/c14-12-9(15)2-1-3-11(12)21-13(18-19-20-21)8-5-4-7(17)6-10(8)16/h1-6H,17H2. The van der Waals surface area contributed by atoms with E-state index >= 15 is 0 Å². The van der Waals surface area contributed by atoms with Crippen LogP contribution >= 0.6 is 39.1 Å². The van der Waals surface area contributed by atoms with Gasteiger partial charge in [-0.2, -0.15) is 4.68 Å². The lowest BCUT2D eigenvalue weighted by atomic mass is 10.2. The number of halogens is 3. The summed E-state index contributed by atoms with van der Waals surface area (Å²) in [5, 5.41) is 12.8. The summed E-state index contributed by atoms with van der Waals surface area (Å²) < 4.78 is 2.26. The van der Waals surface area contributed by atoms with E-state index in [-0.39, 0.29) is 0 Å². The third-order valence-corrected chi connectivity index (χ3v) is 4.55. The molecular formula is C13H8BrCl2N5. The topological polar surface area (TPSA) is 69.6 Å². The van der Waals surface area contributed by atoms with Gasteiger partial charge in [0.15, 0.2) is 5.82 Å². The van der Waals surface area contributed by atoms with Gasteiger partial charge in [-0.15, -0.1) is 5.10 Å². The molecule has 2 aromatic carbocycles.